The maximum atomic E-state index is 12.2. The molecule has 1 heterocycles. The lowest BCUT2D eigenvalue weighted by Gasteiger charge is -2.25. The fraction of sp³-hybridized carbons (Fsp3) is 0.533. The molecule has 1 amide bonds. The first kappa shape index (κ1) is 16.4. The van der Waals surface area contributed by atoms with Gasteiger partial charge in [0.15, 0.2) is 0 Å². The van der Waals surface area contributed by atoms with E-state index in [2.05, 4.69) is 5.32 Å². The monoisotopic (exact) mass is 330 g/mol. The Morgan fingerprint density at radius 2 is 2.24 bits per heavy atom. The largest absolute Gasteiger partial charge is 0.492 e. The molecule has 0 aromatic heterocycles. The minimum atomic E-state index is -0.160. The summed E-state index contributed by atoms with van der Waals surface area (Å²) < 4.78 is 5.63. The van der Waals surface area contributed by atoms with Crippen molar-refractivity contribution in [1.29, 1.82) is 0 Å². The van der Waals surface area contributed by atoms with Gasteiger partial charge in [-0.3, -0.25) is 4.79 Å². The van der Waals surface area contributed by atoms with Crippen LogP contribution in [0.2, 0.25) is 5.02 Å². The maximum absolute atomic E-state index is 12.2. The van der Waals surface area contributed by atoms with Gasteiger partial charge in [0.1, 0.15) is 12.4 Å². The minimum Gasteiger partial charge on any atom is -0.492 e. The molecule has 0 spiro atoms. The summed E-state index contributed by atoms with van der Waals surface area (Å²) in [6.45, 7) is 0.974. The fourth-order valence-electron chi connectivity index (χ4n) is 2.59. The number of ether oxygens (including phenoxy) is 1. The summed E-state index contributed by atoms with van der Waals surface area (Å²) in [5.74, 6) is 1.28. The van der Waals surface area contributed by atoms with Crippen molar-refractivity contribution in [2.45, 2.75) is 25.3 Å². The summed E-state index contributed by atoms with van der Waals surface area (Å²) in [4.78, 5) is 12.2. The third-order valence-corrected chi connectivity index (χ3v) is 4.27. The average Bonchev–Trinajstić information content (AvgIpc) is 3.28. The van der Waals surface area contributed by atoms with Gasteiger partial charge < -0.3 is 15.8 Å². The zero-order valence-corrected chi connectivity index (χ0v) is 13.3. The van der Waals surface area contributed by atoms with Crippen LogP contribution < -0.4 is 15.8 Å². The Morgan fingerprint density at radius 1 is 1.48 bits per heavy atom. The van der Waals surface area contributed by atoms with Crippen LogP contribution >= 0.6 is 24.0 Å². The van der Waals surface area contributed by atoms with Crippen molar-refractivity contribution in [3.05, 3.63) is 28.8 Å². The number of hydrogen-bond acceptors (Lipinski definition) is 3. The van der Waals surface area contributed by atoms with E-state index in [9.17, 15) is 4.79 Å². The maximum Gasteiger partial charge on any atom is 0.226 e. The molecule has 4 nitrogen and oxygen atoms in total. The van der Waals surface area contributed by atoms with Crippen molar-refractivity contribution >= 4 is 29.9 Å². The number of amides is 1. The molecule has 116 valence electrons. The zero-order chi connectivity index (χ0) is 14.1. The molecule has 2 atom stereocenters. The van der Waals surface area contributed by atoms with Crippen LogP contribution in [0.1, 0.15) is 18.4 Å². The lowest BCUT2D eigenvalue weighted by Crippen LogP contribution is -2.43. The Morgan fingerprint density at radius 3 is 2.95 bits per heavy atom. The van der Waals surface area contributed by atoms with Crippen molar-refractivity contribution in [2.75, 3.05) is 13.2 Å². The van der Waals surface area contributed by atoms with E-state index in [1.807, 2.05) is 12.1 Å². The Bertz CT molecular complexity index is 520. The van der Waals surface area contributed by atoms with Crippen molar-refractivity contribution in [1.82, 2.24) is 5.32 Å². The Balaban J connectivity index is 0.00000161. The molecule has 2 aliphatic rings. The molecule has 1 saturated carbocycles. The van der Waals surface area contributed by atoms with Gasteiger partial charge in [-0.25, -0.2) is 0 Å². The van der Waals surface area contributed by atoms with Gasteiger partial charge in [0.05, 0.1) is 5.92 Å². The molecule has 21 heavy (non-hydrogen) atoms. The second kappa shape index (κ2) is 6.86. The van der Waals surface area contributed by atoms with Gasteiger partial charge >= 0.3 is 0 Å². The van der Waals surface area contributed by atoms with Gasteiger partial charge in [-0.1, -0.05) is 11.6 Å². The first-order valence-corrected chi connectivity index (χ1v) is 7.46. The van der Waals surface area contributed by atoms with Crippen molar-refractivity contribution in [3.8, 4) is 5.75 Å². The molecule has 3 rings (SSSR count). The van der Waals surface area contributed by atoms with E-state index in [1.54, 1.807) is 6.07 Å². The lowest BCUT2D eigenvalue weighted by atomic mass is 9.96. The van der Waals surface area contributed by atoms with E-state index in [1.165, 1.54) is 12.8 Å². The predicted octanol–water partition coefficient (Wildman–Crippen LogP) is 2.17. The SMILES string of the molecule is Cl.NC(CNC(=O)C1COc2ccc(Cl)cc2C1)C1CC1. The second-order valence-corrected chi connectivity index (χ2v) is 6.15. The van der Waals surface area contributed by atoms with Gasteiger partial charge in [0.2, 0.25) is 5.91 Å². The standard InChI is InChI=1S/C15H19ClN2O2.ClH/c16-12-3-4-14-10(6-12)5-11(8-20-14)15(19)18-7-13(17)9-1-2-9;/h3-4,6,9,11,13H,1-2,5,7-8,17H2,(H,18,19);1H. The average molecular weight is 331 g/mol. The van der Waals surface area contributed by atoms with Gasteiger partial charge in [-0.2, -0.15) is 0 Å². The molecule has 0 radical (unpaired) electrons. The number of carbonyl (C=O) groups is 1. The van der Waals surface area contributed by atoms with E-state index >= 15 is 0 Å². The van der Waals surface area contributed by atoms with E-state index in [0.717, 1.165) is 11.3 Å². The van der Waals surface area contributed by atoms with E-state index in [0.29, 0.717) is 30.5 Å². The van der Waals surface area contributed by atoms with E-state index < -0.39 is 0 Å². The van der Waals surface area contributed by atoms with Crippen molar-refractivity contribution in [3.63, 3.8) is 0 Å². The molecule has 0 saturated heterocycles. The van der Waals surface area contributed by atoms with Gasteiger partial charge in [0, 0.05) is 17.6 Å². The van der Waals surface area contributed by atoms with Crippen molar-refractivity contribution < 1.29 is 9.53 Å². The zero-order valence-electron chi connectivity index (χ0n) is 11.7. The molecule has 2 unspecified atom stereocenters. The van der Waals surface area contributed by atoms with Crippen LogP contribution in [0.15, 0.2) is 18.2 Å². The number of hydrogen-bond donors (Lipinski definition) is 2. The van der Waals surface area contributed by atoms with Crippen LogP contribution in [-0.4, -0.2) is 25.1 Å². The predicted molar refractivity (Wildman–Crippen MR) is 85.1 cm³/mol. The normalized spacial score (nSPS) is 21.5. The molecule has 1 aromatic rings. The van der Waals surface area contributed by atoms with E-state index in [4.69, 9.17) is 22.1 Å². The van der Waals surface area contributed by atoms with Crippen LogP contribution in [0.3, 0.4) is 0 Å². The van der Waals surface area contributed by atoms with Crippen LogP contribution in [-0.2, 0) is 11.2 Å². The van der Waals surface area contributed by atoms with Gasteiger partial charge in [-0.15, -0.1) is 12.4 Å². The summed E-state index contributed by atoms with van der Waals surface area (Å²) in [7, 11) is 0. The number of rotatable bonds is 4. The molecule has 1 aliphatic carbocycles. The Hall–Kier alpha value is -0.970. The lowest BCUT2D eigenvalue weighted by molar-refractivity contribution is -0.126. The highest BCUT2D eigenvalue weighted by molar-refractivity contribution is 6.30. The first-order chi connectivity index (χ1) is 9.63. The second-order valence-electron chi connectivity index (χ2n) is 5.71. The summed E-state index contributed by atoms with van der Waals surface area (Å²) in [6.07, 6.45) is 3.05. The highest BCUT2D eigenvalue weighted by Crippen LogP contribution is 2.32. The van der Waals surface area contributed by atoms with E-state index in [-0.39, 0.29) is 30.3 Å². The van der Waals surface area contributed by atoms with Crippen LogP contribution in [0.25, 0.3) is 0 Å². The van der Waals surface area contributed by atoms with Crippen LogP contribution in [0, 0.1) is 11.8 Å². The smallest absolute Gasteiger partial charge is 0.226 e. The summed E-state index contributed by atoms with van der Waals surface area (Å²) in [6, 6.07) is 5.61. The number of nitrogens with one attached hydrogen (secondary N) is 1. The van der Waals surface area contributed by atoms with Crippen molar-refractivity contribution in [2.24, 2.45) is 17.6 Å². The fourth-order valence-corrected chi connectivity index (χ4v) is 2.78. The molecular weight excluding hydrogens is 311 g/mol. The summed E-state index contributed by atoms with van der Waals surface area (Å²) in [5.41, 5.74) is 6.99. The van der Waals surface area contributed by atoms with Gasteiger partial charge in [0.25, 0.3) is 0 Å². The molecule has 0 bridgehead atoms. The van der Waals surface area contributed by atoms with Gasteiger partial charge in [-0.05, 0) is 48.9 Å². The highest BCUT2D eigenvalue weighted by Gasteiger charge is 2.30. The number of halogens is 2. The quantitative estimate of drug-likeness (QED) is 0.889. The summed E-state index contributed by atoms with van der Waals surface area (Å²) in [5, 5.41) is 3.61. The van der Waals surface area contributed by atoms with Crippen LogP contribution in [0.5, 0.6) is 5.75 Å². The highest BCUT2D eigenvalue weighted by atomic mass is 35.5. The number of carbonyl (C=O) groups excluding carboxylic acids is 1. The molecule has 1 fully saturated rings. The third-order valence-electron chi connectivity index (χ3n) is 4.04. The molecule has 1 aromatic carbocycles. The molecule has 6 heteroatoms. The number of benzene rings is 1. The summed E-state index contributed by atoms with van der Waals surface area (Å²) >= 11 is 5.98. The molecule has 1 aliphatic heterocycles. The topological polar surface area (TPSA) is 64.3 Å². The van der Waals surface area contributed by atoms with Crippen LogP contribution in [0.4, 0.5) is 0 Å². The Labute approximate surface area is 135 Å². The number of fused-ring (bicyclic) bond motifs is 1. The first-order valence-electron chi connectivity index (χ1n) is 7.08. The molecule has 3 N–H and O–H groups in total. The Kier molecular flexibility index (Phi) is 5.36. The third kappa shape index (κ3) is 4.02. The number of nitrogens with two attached hydrogens (primary N) is 1. The molecular formula is C15H20Cl2N2O2. The minimum absolute atomic E-state index is 0.